The van der Waals surface area contributed by atoms with Crippen LogP contribution in [-0.2, 0) is 6.54 Å². The zero-order chi connectivity index (χ0) is 15.4. The first-order chi connectivity index (χ1) is 10.7. The fourth-order valence-electron chi connectivity index (χ4n) is 2.55. The molecule has 22 heavy (non-hydrogen) atoms. The molecule has 0 amide bonds. The lowest BCUT2D eigenvalue weighted by molar-refractivity contribution is 0.465. The standard InChI is InChI=1S/C17H19FN4/c18-14-5-2-1-4-13(14)11-22-16(12-6-7-12)10-15(19)17-20-8-3-9-21-17/h1-5,8-9,12,16,19,22H,6-7,10-11H2. The molecular formula is C17H19FN4. The lowest BCUT2D eigenvalue weighted by Gasteiger charge is -2.18. The van der Waals surface area contributed by atoms with Crippen LogP contribution >= 0.6 is 0 Å². The van der Waals surface area contributed by atoms with E-state index in [0.29, 0.717) is 36.0 Å². The molecular weight excluding hydrogens is 279 g/mol. The molecule has 2 aromatic rings. The zero-order valence-corrected chi connectivity index (χ0v) is 12.3. The summed E-state index contributed by atoms with van der Waals surface area (Å²) in [6.45, 7) is 0.483. The number of halogens is 1. The van der Waals surface area contributed by atoms with Crippen LogP contribution in [0.4, 0.5) is 4.39 Å². The van der Waals surface area contributed by atoms with Gasteiger partial charge >= 0.3 is 0 Å². The van der Waals surface area contributed by atoms with E-state index in [1.165, 1.54) is 6.07 Å². The van der Waals surface area contributed by atoms with Crippen LogP contribution in [0.15, 0.2) is 42.7 Å². The van der Waals surface area contributed by atoms with Gasteiger partial charge in [0.1, 0.15) is 5.82 Å². The van der Waals surface area contributed by atoms with Gasteiger partial charge in [-0.2, -0.15) is 0 Å². The van der Waals surface area contributed by atoms with Crippen molar-refractivity contribution in [2.45, 2.75) is 31.8 Å². The lowest BCUT2D eigenvalue weighted by Crippen LogP contribution is -2.33. The van der Waals surface area contributed by atoms with Crippen LogP contribution < -0.4 is 5.32 Å². The van der Waals surface area contributed by atoms with Crippen LogP contribution in [0, 0.1) is 17.1 Å². The van der Waals surface area contributed by atoms with Gasteiger partial charge in [-0.25, -0.2) is 14.4 Å². The van der Waals surface area contributed by atoms with Crippen molar-refractivity contribution in [3.05, 3.63) is 59.9 Å². The monoisotopic (exact) mass is 298 g/mol. The highest BCUT2D eigenvalue weighted by atomic mass is 19.1. The quantitative estimate of drug-likeness (QED) is 0.773. The molecule has 5 heteroatoms. The fraction of sp³-hybridized carbons (Fsp3) is 0.353. The first-order valence-electron chi connectivity index (χ1n) is 7.55. The highest BCUT2D eigenvalue weighted by Crippen LogP contribution is 2.34. The average molecular weight is 298 g/mol. The Morgan fingerprint density at radius 2 is 1.95 bits per heavy atom. The first-order valence-corrected chi connectivity index (χ1v) is 7.55. The Bertz CT molecular complexity index is 640. The van der Waals surface area contributed by atoms with Crippen LogP contribution in [0.25, 0.3) is 0 Å². The molecule has 1 saturated carbocycles. The highest BCUT2D eigenvalue weighted by molar-refractivity contribution is 5.95. The summed E-state index contributed by atoms with van der Waals surface area (Å²) in [6, 6.07) is 8.72. The molecule has 1 unspecified atom stereocenters. The summed E-state index contributed by atoms with van der Waals surface area (Å²) in [5.74, 6) is 0.850. The predicted molar refractivity (Wildman–Crippen MR) is 83.2 cm³/mol. The third-order valence-electron chi connectivity index (χ3n) is 3.96. The summed E-state index contributed by atoms with van der Waals surface area (Å²) in [7, 11) is 0. The number of nitrogens with zero attached hydrogens (tertiary/aromatic N) is 2. The molecule has 3 rings (SSSR count). The van der Waals surface area contributed by atoms with Crippen molar-refractivity contribution in [1.82, 2.24) is 15.3 Å². The maximum atomic E-state index is 13.7. The molecule has 1 aliphatic carbocycles. The van der Waals surface area contributed by atoms with Crippen LogP contribution in [0.2, 0.25) is 0 Å². The van der Waals surface area contributed by atoms with E-state index in [1.54, 1.807) is 30.6 Å². The van der Waals surface area contributed by atoms with Crippen LogP contribution in [-0.4, -0.2) is 21.7 Å². The second-order valence-corrected chi connectivity index (χ2v) is 5.67. The zero-order valence-electron chi connectivity index (χ0n) is 12.3. The van der Waals surface area contributed by atoms with Gasteiger partial charge < -0.3 is 10.7 Å². The molecule has 1 aromatic heterocycles. The molecule has 0 aliphatic heterocycles. The van der Waals surface area contributed by atoms with Crippen molar-refractivity contribution in [2.75, 3.05) is 0 Å². The molecule has 1 fully saturated rings. The number of benzene rings is 1. The Balaban J connectivity index is 1.61. The highest BCUT2D eigenvalue weighted by Gasteiger charge is 2.32. The Kier molecular flexibility index (Phi) is 4.53. The van der Waals surface area contributed by atoms with Gasteiger partial charge in [0, 0.05) is 37.0 Å². The normalized spacial score (nSPS) is 15.5. The van der Waals surface area contributed by atoms with Gasteiger partial charge in [0.2, 0.25) is 0 Å². The predicted octanol–water partition coefficient (Wildman–Crippen LogP) is 2.94. The van der Waals surface area contributed by atoms with Crippen molar-refractivity contribution in [3.8, 4) is 0 Å². The summed E-state index contributed by atoms with van der Waals surface area (Å²) < 4.78 is 13.7. The maximum absolute atomic E-state index is 13.7. The van der Waals surface area contributed by atoms with Gasteiger partial charge in [0.05, 0.1) is 5.71 Å². The van der Waals surface area contributed by atoms with Gasteiger partial charge in [-0.15, -0.1) is 0 Å². The van der Waals surface area contributed by atoms with Crippen molar-refractivity contribution in [2.24, 2.45) is 5.92 Å². The second-order valence-electron chi connectivity index (χ2n) is 5.67. The second kappa shape index (κ2) is 6.75. The van der Waals surface area contributed by atoms with Crippen molar-refractivity contribution >= 4 is 5.71 Å². The minimum absolute atomic E-state index is 0.177. The molecule has 2 N–H and O–H groups in total. The molecule has 0 bridgehead atoms. The third kappa shape index (κ3) is 3.74. The summed E-state index contributed by atoms with van der Waals surface area (Å²) >= 11 is 0. The Labute approximate surface area is 129 Å². The SMILES string of the molecule is N=C(CC(NCc1ccccc1F)C1CC1)c1ncccn1. The molecule has 114 valence electrons. The molecule has 0 radical (unpaired) electrons. The molecule has 0 spiro atoms. The average Bonchev–Trinajstić information content (AvgIpc) is 3.38. The van der Waals surface area contributed by atoms with Crippen LogP contribution in [0.5, 0.6) is 0 Å². The van der Waals surface area contributed by atoms with Crippen molar-refractivity contribution in [3.63, 3.8) is 0 Å². The summed E-state index contributed by atoms with van der Waals surface area (Å²) in [4.78, 5) is 8.24. The van der Waals surface area contributed by atoms with E-state index in [1.807, 2.05) is 6.07 Å². The van der Waals surface area contributed by atoms with Gasteiger partial charge in [0.25, 0.3) is 0 Å². The van der Waals surface area contributed by atoms with Gasteiger partial charge in [-0.1, -0.05) is 18.2 Å². The summed E-state index contributed by atoms with van der Waals surface area (Å²) in [6.07, 6.45) is 6.20. The van der Waals surface area contributed by atoms with E-state index >= 15 is 0 Å². The maximum Gasteiger partial charge on any atom is 0.173 e. The van der Waals surface area contributed by atoms with Crippen LogP contribution in [0.1, 0.15) is 30.7 Å². The van der Waals surface area contributed by atoms with E-state index < -0.39 is 0 Å². The largest absolute Gasteiger partial charge is 0.309 e. The van der Waals surface area contributed by atoms with Crippen LogP contribution in [0.3, 0.4) is 0 Å². The topological polar surface area (TPSA) is 61.7 Å². The molecule has 1 atom stereocenters. The minimum atomic E-state index is -0.189. The van der Waals surface area contributed by atoms with Gasteiger partial charge in [-0.3, -0.25) is 0 Å². The molecule has 1 heterocycles. The molecule has 1 aromatic carbocycles. The molecule has 1 aliphatic rings. The summed E-state index contributed by atoms with van der Waals surface area (Å²) in [5.41, 5.74) is 1.09. The van der Waals surface area contributed by atoms with E-state index in [0.717, 1.165) is 12.8 Å². The number of nitrogens with one attached hydrogen (secondary N) is 2. The Morgan fingerprint density at radius 1 is 1.23 bits per heavy atom. The van der Waals surface area contributed by atoms with E-state index in [4.69, 9.17) is 5.41 Å². The number of aromatic nitrogens is 2. The smallest absolute Gasteiger partial charge is 0.173 e. The van der Waals surface area contributed by atoms with Gasteiger partial charge in [0.15, 0.2) is 5.82 Å². The van der Waals surface area contributed by atoms with Crippen molar-refractivity contribution in [1.29, 1.82) is 5.41 Å². The molecule has 4 nitrogen and oxygen atoms in total. The van der Waals surface area contributed by atoms with Gasteiger partial charge in [-0.05, 0) is 30.9 Å². The summed E-state index contributed by atoms with van der Waals surface area (Å²) in [5, 5.41) is 11.6. The number of hydrogen-bond acceptors (Lipinski definition) is 4. The molecule has 0 saturated heterocycles. The minimum Gasteiger partial charge on any atom is -0.309 e. The van der Waals surface area contributed by atoms with E-state index in [-0.39, 0.29) is 11.9 Å². The van der Waals surface area contributed by atoms with E-state index in [9.17, 15) is 4.39 Å². The lowest BCUT2D eigenvalue weighted by atomic mass is 10.0. The van der Waals surface area contributed by atoms with E-state index in [2.05, 4.69) is 15.3 Å². The first kappa shape index (κ1) is 14.8. The Hall–Kier alpha value is -2.14. The Morgan fingerprint density at radius 3 is 2.64 bits per heavy atom. The third-order valence-corrected chi connectivity index (χ3v) is 3.96. The number of hydrogen-bond donors (Lipinski definition) is 2. The fourth-order valence-corrected chi connectivity index (χ4v) is 2.55. The number of rotatable bonds is 7. The van der Waals surface area contributed by atoms with Crippen molar-refractivity contribution < 1.29 is 4.39 Å².